The lowest BCUT2D eigenvalue weighted by atomic mass is 9.96. The molecule has 0 aliphatic carbocycles. The molecule has 0 aromatic heterocycles. The van der Waals surface area contributed by atoms with Crippen LogP contribution < -0.4 is 5.32 Å². The Labute approximate surface area is 82.6 Å². The molecule has 1 heterocycles. The Morgan fingerprint density at radius 1 is 1.43 bits per heavy atom. The molecule has 0 amide bonds. The number of azide groups is 1. The van der Waals surface area contributed by atoms with Crippen LogP contribution in [0.5, 0.6) is 0 Å². The van der Waals surface area contributed by atoms with E-state index in [-0.39, 0.29) is 0 Å². The molecule has 0 bridgehead atoms. The topological polar surface area (TPSA) is 60.8 Å². The number of nitrogens with one attached hydrogen (secondary N) is 1. The van der Waals surface area contributed by atoms with Gasteiger partial charge in [0, 0.05) is 24.0 Å². The van der Waals surface area contributed by atoms with Crippen molar-refractivity contribution in [1.82, 2.24) is 5.32 Å². The smallest absolute Gasteiger partial charge is 0.0415 e. The number of hydrogen-bond acceptors (Lipinski definition) is 2. The number of hydrogen-bond donors (Lipinski definition) is 1. The number of nitrogens with zero attached hydrogens (tertiary/aromatic N) is 3. The van der Waals surface area contributed by atoms with E-state index in [1.807, 2.05) is 6.07 Å². The van der Waals surface area contributed by atoms with E-state index in [4.69, 9.17) is 5.53 Å². The molecule has 1 atom stereocenters. The summed E-state index contributed by atoms with van der Waals surface area (Å²) in [4.78, 5) is 2.77. The zero-order chi connectivity index (χ0) is 9.80. The Morgan fingerprint density at radius 3 is 3.00 bits per heavy atom. The van der Waals surface area contributed by atoms with Crippen LogP contribution in [0, 0.1) is 0 Å². The standard InChI is InChI=1S/C10H12N4/c11-14-13-7-10-5-8-3-1-2-4-9(8)6-12-10/h1-4,10,12H,5-7H2. The van der Waals surface area contributed by atoms with Crippen molar-refractivity contribution in [2.24, 2.45) is 5.11 Å². The zero-order valence-corrected chi connectivity index (χ0v) is 7.85. The van der Waals surface area contributed by atoms with Gasteiger partial charge in [0.05, 0.1) is 0 Å². The average molecular weight is 188 g/mol. The summed E-state index contributed by atoms with van der Waals surface area (Å²) in [6.45, 7) is 1.41. The van der Waals surface area contributed by atoms with Crippen LogP contribution in [-0.4, -0.2) is 12.6 Å². The van der Waals surface area contributed by atoms with E-state index in [9.17, 15) is 0 Å². The Bertz CT molecular complexity index is 368. The van der Waals surface area contributed by atoms with E-state index in [2.05, 4.69) is 33.5 Å². The fourth-order valence-corrected chi connectivity index (χ4v) is 1.79. The molecule has 1 aromatic rings. The molecule has 0 radical (unpaired) electrons. The van der Waals surface area contributed by atoms with Crippen LogP contribution in [0.2, 0.25) is 0 Å². The highest BCUT2D eigenvalue weighted by molar-refractivity contribution is 5.29. The van der Waals surface area contributed by atoms with Gasteiger partial charge in [-0.25, -0.2) is 0 Å². The lowest BCUT2D eigenvalue weighted by Gasteiger charge is -2.24. The Kier molecular flexibility index (Phi) is 2.68. The quantitative estimate of drug-likeness (QED) is 0.430. The van der Waals surface area contributed by atoms with E-state index < -0.39 is 0 Å². The first kappa shape index (κ1) is 9.06. The van der Waals surface area contributed by atoms with Crippen LogP contribution in [0.15, 0.2) is 29.4 Å². The summed E-state index contributed by atoms with van der Waals surface area (Å²) in [6.07, 6.45) is 0.954. The monoisotopic (exact) mass is 188 g/mol. The van der Waals surface area contributed by atoms with Gasteiger partial charge in [-0.2, -0.15) is 0 Å². The second-order valence-electron chi connectivity index (χ2n) is 3.46. The van der Waals surface area contributed by atoms with Crippen molar-refractivity contribution >= 4 is 0 Å². The van der Waals surface area contributed by atoms with Crippen LogP contribution >= 0.6 is 0 Å². The molecule has 1 aliphatic rings. The van der Waals surface area contributed by atoms with Gasteiger partial charge in [0.1, 0.15) is 0 Å². The maximum Gasteiger partial charge on any atom is 0.0415 e. The lowest BCUT2D eigenvalue weighted by molar-refractivity contribution is 0.487. The summed E-state index contributed by atoms with van der Waals surface area (Å²) in [6, 6.07) is 8.66. The lowest BCUT2D eigenvalue weighted by Crippen LogP contribution is -2.37. The highest BCUT2D eigenvalue weighted by Gasteiger charge is 2.15. The van der Waals surface area contributed by atoms with Gasteiger partial charge < -0.3 is 5.32 Å². The van der Waals surface area contributed by atoms with E-state index in [1.165, 1.54) is 11.1 Å². The van der Waals surface area contributed by atoms with Crippen molar-refractivity contribution in [2.45, 2.75) is 19.0 Å². The van der Waals surface area contributed by atoms with Crippen LogP contribution in [0.3, 0.4) is 0 Å². The van der Waals surface area contributed by atoms with Crippen LogP contribution in [0.1, 0.15) is 11.1 Å². The first-order valence-electron chi connectivity index (χ1n) is 4.71. The van der Waals surface area contributed by atoms with Gasteiger partial charge in [0.15, 0.2) is 0 Å². The maximum absolute atomic E-state index is 8.22. The molecule has 14 heavy (non-hydrogen) atoms. The molecule has 72 valence electrons. The average Bonchev–Trinajstić information content (AvgIpc) is 2.26. The van der Waals surface area contributed by atoms with Gasteiger partial charge in [-0.15, -0.1) is 0 Å². The maximum atomic E-state index is 8.22. The Morgan fingerprint density at radius 2 is 2.21 bits per heavy atom. The summed E-state index contributed by atoms with van der Waals surface area (Å²) in [5, 5.41) is 6.93. The van der Waals surface area contributed by atoms with Crippen molar-refractivity contribution < 1.29 is 0 Å². The third kappa shape index (κ3) is 1.87. The van der Waals surface area contributed by atoms with Gasteiger partial charge in [0.2, 0.25) is 0 Å². The van der Waals surface area contributed by atoms with Gasteiger partial charge in [-0.3, -0.25) is 0 Å². The molecule has 4 nitrogen and oxygen atoms in total. The van der Waals surface area contributed by atoms with Crippen molar-refractivity contribution in [3.05, 3.63) is 45.8 Å². The van der Waals surface area contributed by atoms with Gasteiger partial charge in [-0.1, -0.05) is 29.4 Å². The van der Waals surface area contributed by atoms with Crippen LogP contribution in [0.25, 0.3) is 10.4 Å². The van der Waals surface area contributed by atoms with Crippen LogP contribution in [0.4, 0.5) is 0 Å². The van der Waals surface area contributed by atoms with E-state index in [0.29, 0.717) is 12.6 Å². The van der Waals surface area contributed by atoms with E-state index in [0.717, 1.165) is 13.0 Å². The minimum atomic E-state index is 0.292. The SMILES string of the molecule is [N-]=[N+]=NCC1Cc2ccccc2CN1. The predicted octanol–water partition coefficient (Wildman–Crippen LogP) is 2.01. The number of benzene rings is 1. The summed E-state index contributed by atoms with van der Waals surface area (Å²) < 4.78 is 0. The number of rotatable bonds is 2. The molecule has 1 aromatic carbocycles. The highest BCUT2D eigenvalue weighted by atomic mass is 15.1. The minimum Gasteiger partial charge on any atom is -0.309 e. The zero-order valence-electron chi connectivity index (χ0n) is 7.85. The Hall–Kier alpha value is -1.51. The third-order valence-electron chi connectivity index (χ3n) is 2.53. The molecule has 0 saturated heterocycles. The van der Waals surface area contributed by atoms with E-state index >= 15 is 0 Å². The molecule has 0 fully saturated rings. The largest absolute Gasteiger partial charge is 0.309 e. The first-order chi connectivity index (χ1) is 6.90. The first-order valence-corrected chi connectivity index (χ1v) is 4.71. The molecular weight excluding hydrogens is 176 g/mol. The summed E-state index contributed by atoms with van der Waals surface area (Å²) in [5.41, 5.74) is 10.9. The fourth-order valence-electron chi connectivity index (χ4n) is 1.79. The van der Waals surface area contributed by atoms with Crippen molar-refractivity contribution in [3.63, 3.8) is 0 Å². The normalized spacial score (nSPS) is 19.6. The van der Waals surface area contributed by atoms with E-state index in [1.54, 1.807) is 0 Å². The minimum absolute atomic E-state index is 0.292. The van der Waals surface area contributed by atoms with Gasteiger partial charge in [-0.05, 0) is 23.1 Å². The molecule has 0 spiro atoms. The van der Waals surface area contributed by atoms with Gasteiger partial charge >= 0.3 is 0 Å². The summed E-state index contributed by atoms with van der Waals surface area (Å²) >= 11 is 0. The second kappa shape index (κ2) is 4.13. The third-order valence-corrected chi connectivity index (χ3v) is 2.53. The number of fused-ring (bicyclic) bond motifs is 1. The van der Waals surface area contributed by atoms with Gasteiger partial charge in [0.25, 0.3) is 0 Å². The van der Waals surface area contributed by atoms with Crippen molar-refractivity contribution in [2.75, 3.05) is 6.54 Å². The molecule has 2 rings (SSSR count). The molecular formula is C10H12N4. The molecule has 1 N–H and O–H groups in total. The highest BCUT2D eigenvalue weighted by Crippen LogP contribution is 2.16. The second-order valence-corrected chi connectivity index (χ2v) is 3.46. The molecule has 1 unspecified atom stereocenters. The summed E-state index contributed by atoms with van der Waals surface area (Å²) in [5.74, 6) is 0. The molecule has 4 heteroatoms. The molecule has 0 saturated carbocycles. The predicted molar refractivity (Wildman–Crippen MR) is 54.8 cm³/mol. The Balaban J connectivity index is 2.09. The van der Waals surface area contributed by atoms with Crippen molar-refractivity contribution in [1.29, 1.82) is 0 Å². The van der Waals surface area contributed by atoms with Crippen molar-refractivity contribution in [3.8, 4) is 0 Å². The summed E-state index contributed by atoms with van der Waals surface area (Å²) in [7, 11) is 0. The van der Waals surface area contributed by atoms with Crippen LogP contribution in [-0.2, 0) is 13.0 Å². The fraction of sp³-hybridized carbons (Fsp3) is 0.400. The molecule has 1 aliphatic heterocycles.